The molecule has 0 unspecified atom stereocenters. The second-order valence-corrected chi connectivity index (χ2v) is 7.65. The van der Waals surface area contributed by atoms with Crippen molar-refractivity contribution in [3.8, 4) is 5.75 Å². The largest absolute Gasteiger partial charge is 0.465 e. The summed E-state index contributed by atoms with van der Waals surface area (Å²) >= 11 is 0. The van der Waals surface area contributed by atoms with E-state index in [1.165, 1.54) is 19.2 Å². The van der Waals surface area contributed by atoms with Gasteiger partial charge in [0.2, 0.25) is 6.29 Å². The number of esters is 1. The average molecular weight is 476 g/mol. The number of carbonyl (C=O) groups excluding carboxylic acids is 1. The zero-order chi connectivity index (χ0) is 24.3. The van der Waals surface area contributed by atoms with Gasteiger partial charge in [-0.05, 0) is 12.1 Å². The van der Waals surface area contributed by atoms with E-state index in [2.05, 4.69) is 4.74 Å². The highest BCUT2D eigenvalue weighted by atomic mass is 16.7. The highest BCUT2D eigenvalue weighted by molar-refractivity contribution is 5.92. The lowest BCUT2D eigenvalue weighted by Gasteiger charge is -2.42. The third-order valence-electron chi connectivity index (χ3n) is 5.48. The van der Waals surface area contributed by atoms with Crippen LogP contribution in [0, 0.1) is 0 Å². The number of aliphatic hydroxyl groups excluding tert-OH is 7. The fourth-order valence-electron chi connectivity index (χ4n) is 3.52. The Kier molecular flexibility index (Phi) is 8.58. The van der Waals surface area contributed by atoms with Crippen LogP contribution in [0.1, 0.15) is 10.4 Å². The van der Waals surface area contributed by atoms with E-state index in [9.17, 15) is 40.5 Å². The van der Waals surface area contributed by atoms with Crippen LogP contribution in [0.15, 0.2) is 24.3 Å². The summed E-state index contributed by atoms with van der Waals surface area (Å²) in [6.45, 7) is -1.17. The Labute approximate surface area is 188 Å². The van der Waals surface area contributed by atoms with Crippen LogP contribution in [0.25, 0.3) is 0 Å². The summed E-state index contributed by atoms with van der Waals surface area (Å²) in [4.78, 5) is 11.9. The Bertz CT molecular complexity index is 789. The number of benzene rings is 1. The molecule has 3 rings (SSSR count). The number of hydrogen-bond acceptors (Lipinski definition) is 13. The molecule has 1 aromatic carbocycles. The molecule has 2 aliphatic rings. The average Bonchev–Trinajstić information content (AvgIpc) is 2.83. The number of para-hydroxylation sites is 1. The predicted octanol–water partition coefficient (Wildman–Crippen LogP) is -3.52. The second-order valence-electron chi connectivity index (χ2n) is 7.65. The summed E-state index contributed by atoms with van der Waals surface area (Å²) in [7, 11) is 1.18. The molecule has 0 spiro atoms. The first-order valence-corrected chi connectivity index (χ1v) is 10.1. The summed E-state index contributed by atoms with van der Waals surface area (Å²) in [5.74, 6) is -0.718. The molecular formula is C20H28O13. The number of carbonyl (C=O) groups is 1. The van der Waals surface area contributed by atoms with E-state index >= 15 is 0 Å². The van der Waals surface area contributed by atoms with Crippen molar-refractivity contribution in [1.29, 1.82) is 0 Å². The van der Waals surface area contributed by atoms with Crippen LogP contribution < -0.4 is 4.74 Å². The minimum atomic E-state index is -1.72. The van der Waals surface area contributed by atoms with Crippen molar-refractivity contribution in [3.05, 3.63) is 29.8 Å². The van der Waals surface area contributed by atoms with E-state index in [4.69, 9.17) is 18.9 Å². The molecule has 7 N–H and O–H groups in total. The fraction of sp³-hybridized carbons (Fsp3) is 0.650. The first-order valence-electron chi connectivity index (χ1n) is 10.1. The lowest BCUT2D eigenvalue weighted by Crippen LogP contribution is -2.62. The van der Waals surface area contributed by atoms with E-state index in [0.717, 1.165) is 0 Å². The Morgan fingerprint density at radius 1 is 0.848 bits per heavy atom. The third kappa shape index (κ3) is 5.44. The molecule has 0 radical (unpaired) electrons. The molecule has 2 heterocycles. The third-order valence-corrected chi connectivity index (χ3v) is 5.48. The highest BCUT2D eigenvalue weighted by Gasteiger charge is 2.48. The lowest BCUT2D eigenvalue weighted by atomic mass is 9.98. The summed E-state index contributed by atoms with van der Waals surface area (Å²) in [5.41, 5.74) is 0.0329. The van der Waals surface area contributed by atoms with Crippen LogP contribution in [0.3, 0.4) is 0 Å². The smallest absolute Gasteiger partial charge is 0.341 e. The van der Waals surface area contributed by atoms with Crippen molar-refractivity contribution in [2.45, 2.75) is 61.4 Å². The van der Waals surface area contributed by atoms with Gasteiger partial charge in [-0.1, -0.05) is 12.1 Å². The molecule has 0 aromatic heterocycles. The van der Waals surface area contributed by atoms with E-state index < -0.39 is 80.6 Å². The number of rotatable bonds is 7. The molecule has 186 valence electrons. The highest BCUT2D eigenvalue weighted by Crippen LogP contribution is 2.28. The van der Waals surface area contributed by atoms with Crippen molar-refractivity contribution in [2.24, 2.45) is 0 Å². The van der Waals surface area contributed by atoms with Gasteiger partial charge >= 0.3 is 5.97 Å². The Morgan fingerprint density at radius 3 is 2.06 bits per heavy atom. The Morgan fingerprint density at radius 2 is 1.42 bits per heavy atom. The molecule has 13 heteroatoms. The van der Waals surface area contributed by atoms with Gasteiger partial charge in [0.05, 0.1) is 20.3 Å². The zero-order valence-electron chi connectivity index (χ0n) is 17.6. The minimum absolute atomic E-state index is 0.00871. The SMILES string of the molecule is COC(=O)c1ccccc1O[C@@H]1O[C@H](CO[C@@H]2O[C@H](CO)[C@@H](O)[C@H](O)[C@H]2O)[C@@H](O)[C@H](O)[C@H]1O. The van der Waals surface area contributed by atoms with Gasteiger partial charge in [0, 0.05) is 0 Å². The molecule has 0 bridgehead atoms. The topological polar surface area (TPSA) is 205 Å². The molecule has 13 nitrogen and oxygen atoms in total. The maximum atomic E-state index is 11.9. The van der Waals surface area contributed by atoms with E-state index in [0.29, 0.717) is 0 Å². The minimum Gasteiger partial charge on any atom is -0.465 e. The number of ether oxygens (including phenoxy) is 5. The van der Waals surface area contributed by atoms with Crippen molar-refractivity contribution in [1.82, 2.24) is 0 Å². The molecule has 10 atom stereocenters. The van der Waals surface area contributed by atoms with Crippen LogP contribution in [0.2, 0.25) is 0 Å². The van der Waals surface area contributed by atoms with Gasteiger partial charge < -0.3 is 59.4 Å². The van der Waals surface area contributed by atoms with Crippen molar-refractivity contribution in [3.63, 3.8) is 0 Å². The molecule has 33 heavy (non-hydrogen) atoms. The van der Waals surface area contributed by atoms with Gasteiger partial charge in [0.25, 0.3) is 0 Å². The maximum Gasteiger partial charge on any atom is 0.341 e. The summed E-state index contributed by atoms with van der Waals surface area (Å²) in [6.07, 6.45) is -15.5. The lowest BCUT2D eigenvalue weighted by molar-refractivity contribution is -0.323. The van der Waals surface area contributed by atoms with Gasteiger partial charge in [-0.3, -0.25) is 0 Å². The molecule has 2 aliphatic heterocycles. The quantitative estimate of drug-likeness (QED) is 0.191. The fourth-order valence-corrected chi connectivity index (χ4v) is 3.52. The summed E-state index contributed by atoms with van der Waals surface area (Å²) in [6, 6.07) is 5.95. The normalized spacial score (nSPS) is 39.2. The molecule has 0 saturated carbocycles. The Balaban J connectivity index is 1.69. The van der Waals surface area contributed by atoms with Gasteiger partial charge in [-0.15, -0.1) is 0 Å². The van der Waals surface area contributed by atoms with Crippen molar-refractivity contribution < 1.29 is 64.2 Å². The van der Waals surface area contributed by atoms with Gasteiger partial charge in [0.1, 0.15) is 60.1 Å². The first-order chi connectivity index (χ1) is 15.7. The van der Waals surface area contributed by atoms with Crippen LogP contribution in [0.5, 0.6) is 5.75 Å². The molecule has 2 saturated heterocycles. The predicted molar refractivity (Wildman–Crippen MR) is 105 cm³/mol. The first kappa shape index (κ1) is 25.7. The van der Waals surface area contributed by atoms with E-state index in [1.807, 2.05) is 0 Å². The van der Waals surface area contributed by atoms with E-state index in [-0.39, 0.29) is 11.3 Å². The number of methoxy groups -OCH3 is 1. The molecular weight excluding hydrogens is 448 g/mol. The molecule has 2 fully saturated rings. The Hall–Kier alpha value is -1.91. The monoisotopic (exact) mass is 476 g/mol. The van der Waals surface area contributed by atoms with Gasteiger partial charge in [0.15, 0.2) is 6.29 Å². The van der Waals surface area contributed by atoms with Gasteiger partial charge in [-0.2, -0.15) is 0 Å². The number of aliphatic hydroxyl groups is 7. The zero-order valence-corrected chi connectivity index (χ0v) is 17.6. The van der Waals surface area contributed by atoms with Crippen LogP contribution in [-0.4, -0.2) is 123 Å². The maximum absolute atomic E-state index is 11.9. The molecule has 0 aliphatic carbocycles. The van der Waals surface area contributed by atoms with Crippen molar-refractivity contribution in [2.75, 3.05) is 20.3 Å². The van der Waals surface area contributed by atoms with E-state index in [1.54, 1.807) is 12.1 Å². The number of hydrogen-bond donors (Lipinski definition) is 7. The van der Waals surface area contributed by atoms with Crippen LogP contribution >= 0.6 is 0 Å². The van der Waals surface area contributed by atoms with Crippen molar-refractivity contribution >= 4 is 5.97 Å². The van der Waals surface area contributed by atoms with Crippen LogP contribution in [0.4, 0.5) is 0 Å². The second kappa shape index (κ2) is 11.0. The molecule has 0 amide bonds. The molecule has 1 aromatic rings. The van der Waals surface area contributed by atoms with Crippen LogP contribution in [-0.2, 0) is 18.9 Å². The summed E-state index contributed by atoms with van der Waals surface area (Å²) < 4.78 is 26.3. The van der Waals surface area contributed by atoms with Gasteiger partial charge in [-0.25, -0.2) is 4.79 Å². The standard InChI is InChI=1S/C20H28O13/c1-29-18(28)8-4-2-3-5-9(8)31-20-17(27)15(25)13(23)11(33-20)7-30-19-16(26)14(24)12(22)10(6-21)32-19/h2-5,10-17,19-27H,6-7H2,1H3/t10-,11-,12-,13-,14+,15+,16-,17-,19-,20-/m1/s1. The summed E-state index contributed by atoms with van der Waals surface area (Å²) in [5, 5.41) is 69.8.